The van der Waals surface area contributed by atoms with Gasteiger partial charge in [0.25, 0.3) is 5.56 Å². The highest BCUT2D eigenvalue weighted by Crippen LogP contribution is 2.21. The minimum atomic E-state index is -0.328. The van der Waals surface area contributed by atoms with Gasteiger partial charge in [0.15, 0.2) is 0 Å². The van der Waals surface area contributed by atoms with Gasteiger partial charge in [-0.25, -0.2) is 9.07 Å². The fourth-order valence-corrected chi connectivity index (χ4v) is 3.26. The zero-order valence-corrected chi connectivity index (χ0v) is 14.2. The predicted octanol–water partition coefficient (Wildman–Crippen LogP) is 3.71. The Morgan fingerprint density at radius 1 is 1.08 bits per heavy atom. The molecule has 0 radical (unpaired) electrons. The Bertz CT molecular complexity index is 1160. The molecule has 0 aliphatic rings. The number of hydrogen-bond acceptors (Lipinski definition) is 2. The number of fused-ring (bicyclic) bond motifs is 3. The molecule has 4 rings (SSSR count). The zero-order valence-electron chi connectivity index (χ0n) is 14.2. The van der Waals surface area contributed by atoms with Gasteiger partial charge in [0.1, 0.15) is 17.2 Å². The van der Waals surface area contributed by atoms with Crippen LogP contribution in [0.3, 0.4) is 0 Å². The van der Waals surface area contributed by atoms with Crippen LogP contribution in [-0.4, -0.2) is 14.2 Å². The molecular weight excluding hydrogens is 317 g/mol. The minimum absolute atomic E-state index is 0.121. The van der Waals surface area contributed by atoms with E-state index in [0.717, 1.165) is 22.3 Å². The lowest BCUT2D eigenvalue weighted by Crippen LogP contribution is -2.27. The van der Waals surface area contributed by atoms with Gasteiger partial charge >= 0.3 is 0 Å². The highest BCUT2D eigenvalue weighted by Gasteiger charge is 2.14. The van der Waals surface area contributed by atoms with E-state index in [0.29, 0.717) is 17.5 Å². The summed E-state index contributed by atoms with van der Waals surface area (Å²) in [4.78, 5) is 12.9. The smallest absolute Gasteiger partial charge is 0.291 e. The second-order valence-corrected chi connectivity index (χ2v) is 6.25. The predicted molar refractivity (Wildman–Crippen MR) is 96.6 cm³/mol. The first-order chi connectivity index (χ1) is 12.1. The first kappa shape index (κ1) is 15.6. The van der Waals surface area contributed by atoms with E-state index in [-0.39, 0.29) is 17.9 Å². The molecule has 4 aromatic rings. The van der Waals surface area contributed by atoms with Crippen LogP contribution in [0.5, 0.6) is 0 Å². The number of nitrogens with zero attached hydrogens (tertiary/aromatic N) is 3. The van der Waals surface area contributed by atoms with Gasteiger partial charge in [0.2, 0.25) is 0 Å². The molecule has 25 heavy (non-hydrogen) atoms. The van der Waals surface area contributed by atoms with E-state index in [1.165, 1.54) is 10.7 Å². The molecule has 0 amide bonds. The van der Waals surface area contributed by atoms with Crippen molar-refractivity contribution in [3.05, 3.63) is 81.7 Å². The molecule has 0 N–H and O–H groups in total. The van der Waals surface area contributed by atoms with Crippen LogP contribution in [-0.2, 0) is 13.0 Å². The first-order valence-electron chi connectivity index (χ1n) is 8.33. The van der Waals surface area contributed by atoms with Gasteiger partial charge in [-0.2, -0.15) is 5.10 Å². The number of rotatable bonds is 3. The van der Waals surface area contributed by atoms with E-state index in [4.69, 9.17) is 0 Å². The summed E-state index contributed by atoms with van der Waals surface area (Å²) < 4.78 is 17.2. The lowest BCUT2D eigenvalue weighted by molar-refractivity contribution is 0.560. The van der Waals surface area contributed by atoms with Gasteiger partial charge < -0.3 is 0 Å². The summed E-state index contributed by atoms with van der Waals surface area (Å²) in [5.74, 6) is 0.454. The summed E-state index contributed by atoms with van der Waals surface area (Å²) >= 11 is 0. The molecule has 0 spiro atoms. The van der Waals surface area contributed by atoms with Crippen molar-refractivity contribution < 1.29 is 4.39 Å². The molecule has 0 atom stereocenters. The van der Waals surface area contributed by atoms with Crippen LogP contribution in [0.2, 0.25) is 0 Å². The normalized spacial score (nSPS) is 11.5. The third-order valence-corrected chi connectivity index (χ3v) is 4.50. The minimum Gasteiger partial charge on any atom is -0.291 e. The number of hydrogen-bond donors (Lipinski definition) is 0. The zero-order chi connectivity index (χ0) is 17.6. The molecule has 126 valence electrons. The van der Waals surface area contributed by atoms with Crippen molar-refractivity contribution >= 4 is 16.4 Å². The van der Waals surface area contributed by atoms with E-state index in [9.17, 15) is 9.18 Å². The van der Waals surface area contributed by atoms with Gasteiger partial charge in [-0.15, -0.1) is 0 Å². The topological polar surface area (TPSA) is 39.3 Å². The molecule has 0 aliphatic carbocycles. The first-order valence-corrected chi connectivity index (χ1v) is 8.33. The van der Waals surface area contributed by atoms with Crippen molar-refractivity contribution in [3.8, 4) is 0 Å². The highest BCUT2D eigenvalue weighted by molar-refractivity contribution is 5.87. The monoisotopic (exact) mass is 335 g/mol. The lowest BCUT2D eigenvalue weighted by Gasteiger charge is -2.10. The third kappa shape index (κ3) is 2.52. The molecule has 4 nitrogen and oxygen atoms in total. The second kappa shape index (κ2) is 5.84. The summed E-state index contributed by atoms with van der Waals surface area (Å²) in [6.07, 6.45) is 0.672. The number of halogens is 1. The van der Waals surface area contributed by atoms with Crippen LogP contribution >= 0.6 is 0 Å². The summed E-state index contributed by atoms with van der Waals surface area (Å²) in [6.45, 7) is 4.15. The van der Waals surface area contributed by atoms with Gasteiger partial charge in [-0.1, -0.05) is 36.8 Å². The van der Waals surface area contributed by atoms with Crippen molar-refractivity contribution in [2.24, 2.45) is 0 Å². The average molecular weight is 335 g/mol. The SMILES string of the molecule is CCc1nn(Cc2ccccc2F)c(=O)c2cc3cc(C)ccc3n12. The van der Waals surface area contributed by atoms with Crippen molar-refractivity contribution in [3.63, 3.8) is 0 Å². The molecule has 0 saturated heterocycles. The maximum atomic E-state index is 14.0. The standard InChI is InChI=1S/C20H18FN3O/c1-3-19-22-23(12-14-6-4-5-7-16(14)21)20(25)18-11-15-10-13(2)8-9-17(15)24(18)19/h4-11H,3,12H2,1-2H3. The Labute approximate surface area is 144 Å². The molecule has 0 bridgehead atoms. The van der Waals surface area contributed by atoms with E-state index in [2.05, 4.69) is 11.2 Å². The largest absolute Gasteiger partial charge is 0.291 e. The summed E-state index contributed by atoms with van der Waals surface area (Å²) in [6, 6.07) is 14.5. The Kier molecular flexibility index (Phi) is 3.64. The van der Waals surface area contributed by atoms with Crippen molar-refractivity contribution in [1.82, 2.24) is 14.2 Å². The molecule has 2 heterocycles. The highest BCUT2D eigenvalue weighted by atomic mass is 19.1. The molecular formula is C20H18FN3O. The fourth-order valence-electron chi connectivity index (χ4n) is 3.26. The molecule has 2 aromatic carbocycles. The van der Waals surface area contributed by atoms with Crippen molar-refractivity contribution in [2.75, 3.05) is 0 Å². The molecule has 0 saturated carbocycles. The Morgan fingerprint density at radius 3 is 2.64 bits per heavy atom. The van der Waals surface area contributed by atoms with E-state index < -0.39 is 0 Å². The number of aromatic nitrogens is 3. The lowest BCUT2D eigenvalue weighted by atomic mass is 10.2. The number of benzene rings is 2. The van der Waals surface area contributed by atoms with Gasteiger partial charge in [-0.3, -0.25) is 9.20 Å². The molecule has 5 heteroatoms. The maximum Gasteiger partial charge on any atom is 0.291 e. The van der Waals surface area contributed by atoms with Gasteiger partial charge in [0, 0.05) is 17.4 Å². The Hall–Kier alpha value is -2.95. The third-order valence-electron chi connectivity index (χ3n) is 4.50. The van der Waals surface area contributed by atoms with E-state index >= 15 is 0 Å². The molecule has 0 unspecified atom stereocenters. The van der Waals surface area contributed by atoms with Crippen LogP contribution in [0, 0.1) is 12.7 Å². The fraction of sp³-hybridized carbons (Fsp3) is 0.200. The molecule has 2 aromatic heterocycles. The van der Waals surface area contributed by atoms with E-state index in [1.807, 2.05) is 36.4 Å². The number of aryl methyl sites for hydroxylation is 2. The van der Waals surface area contributed by atoms with E-state index in [1.54, 1.807) is 18.2 Å². The Balaban J connectivity index is 1.98. The van der Waals surface area contributed by atoms with Crippen LogP contribution in [0.1, 0.15) is 23.9 Å². The Morgan fingerprint density at radius 2 is 1.88 bits per heavy atom. The van der Waals surface area contributed by atoms with Gasteiger partial charge in [-0.05, 0) is 31.2 Å². The molecule has 0 aliphatic heterocycles. The average Bonchev–Trinajstić information content (AvgIpc) is 2.98. The van der Waals surface area contributed by atoms with Crippen LogP contribution in [0.4, 0.5) is 4.39 Å². The van der Waals surface area contributed by atoms with Gasteiger partial charge in [0.05, 0.1) is 12.1 Å². The van der Waals surface area contributed by atoms with Crippen LogP contribution < -0.4 is 5.56 Å². The van der Waals surface area contributed by atoms with Crippen molar-refractivity contribution in [2.45, 2.75) is 26.8 Å². The maximum absolute atomic E-state index is 14.0. The second-order valence-electron chi connectivity index (χ2n) is 6.25. The summed E-state index contributed by atoms with van der Waals surface area (Å²) in [5, 5.41) is 5.51. The van der Waals surface area contributed by atoms with Crippen LogP contribution in [0.15, 0.2) is 53.3 Å². The van der Waals surface area contributed by atoms with Crippen LogP contribution in [0.25, 0.3) is 16.4 Å². The molecule has 0 fully saturated rings. The quantitative estimate of drug-likeness (QED) is 0.572. The summed E-state index contributed by atoms with van der Waals surface area (Å²) in [5.41, 5.74) is 2.93. The van der Waals surface area contributed by atoms with Crippen molar-refractivity contribution in [1.29, 1.82) is 0 Å². The summed E-state index contributed by atoms with van der Waals surface area (Å²) in [7, 11) is 0.